The van der Waals surface area contributed by atoms with Crippen molar-refractivity contribution in [2.45, 2.75) is 6.18 Å². The van der Waals surface area contributed by atoms with Crippen molar-refractivity contribution in [3.05, 3.63) is 43.2 Å². The summed E-state index contributed by atoms with van der Waals surface area (Å²) >= 11 is 13.6. The van der Waals surface area contributed by atoms with Gasteiger partial charge in [0.2, 0.25) is 0 Å². The van der Waals surface area contributed by atoms with Gasteiger partial charge in [-0.3, -0.25) is 0 Å². The second-order valence-electron chi connectivity index (χ2n) is 3.67. The van der Waals surface area contributed by atoms with Crippen LogP contribution in [0.15, 0.2) is 18.3 Å². The molecule has 9 heteroatoms. The summed E-state index contributed by atoms with van der Waals surface area (Å²) in [7, 11) is 0. The van der Waals surface area contributed by atoms with E-state index in [4.69, 9.17) is 28.5 Å². The van der Waals surface area contributed by atoms with Crippen molar-refractivity contribution in [2.75, 3.05) is 0 Å². The molecule has 20 heavy (non-hydrogen) atoms. The summed E-state index contributed by atoms with van der Waals surface area (Å²) in [6.07, 6.45) is -3.08. The Kier molecular flexibility index (Phi) is 4.18. The van der Waals surface area contributed by atoms with E-state index in [1.54, 1.807) is 0 Å². The van der Waals surface area contributed by atoms with E-state index in [0.29, 0.717) is 3.57 Å². The molecule has 0 saturated carbocycles. The third kappa shape index (κ3) is 2.87. The SMILES string of the molecule is N#Cc1nn(-c2c(Cl)cc(C(F)(F)F)cc2Cl)cc1I. The zero-order chi connectivity index (χ0) is 15.1. The van der Waals surface area contributed by atoms with Crippen LogP contribution in [0.1, 0.15) is 11.3 Å². The molecule has 0 amide bonds. The molecule has 0 bridgehead atoms. The molecule has 0 fully saturated rings. The number of rotatable bonds is 1. The summed E-state index contributed by atoms with van der Waals surface area (Å²) in [6.45, 7) is 0. The summed E-state index contributed by atoms with van der Waals surface area (Å²) in [4.78, 5) is 0. The van der Waals surface area contributed by atoms with E-state index < -0.39 is 11.7 Å². The van der Waals surface area contributed by atoms with E-state index in [0.717, 1.165) is 12.1 Å². The maximum absolute atomic E-state index is 12.6. The van der Waals surface area contributed by atoms with Crippen molar-refractivity contribution in [3.63, 3.8) is 0 Å². The van der Waals surface area contributed by atoms with Crippen molar-refractivity contribution in [2.24, 2.45) is 0 Å². The Bertz CT molecular complexity index is 696. The fourth-order valence-corrected chi connectivity index (χ4v) is 2.64. The van der Waals surface area contributed by atoms with Gasteiger partial charge >= 0.3 is 6.18 Å². The average Bonchev–Trinajstić information content (AvgIpc) is 2.68. The molecule has 0 N–H and O–H groups in total. The highest BCUT2D eigenvalue weighted by Gasteiger charge is 2.32. The number of benzene rings is 1. The normalized spacial score (nSPS) is 11.4. The summed E-state index contributed by atoms with van der Waals surface area (Å²) in [5.74, 6) is 0. The molecule has 0 spiro atoms. The maximum Gasteiger partial charge on any atom is 0.416 e. The van der Waals surface area contributed by atoms with Crippen LogP contribution >= 0.6 is 45.8 Å². The molecule has 1 aromatic heterocycles. The predicted molar refractivity (Wildman–Crippen MR) is 76.0 cm³/mol. The minimum atomic E-state index is -4.54. The van der Waals surface area contributed by atoms with Gasteiger partial charge in [-0.05, 0) is 34.7 Å². The van der Waals surface area contributed by atoms with Crippen LogP contribution < -0.4 is 0 Å². The highest BCUT2D eigenvalue weighted by Crippen LogP contribution is 2.37. The topological polar surface area (TPSA) is 41.6 Å². The molecule has 3 nitrogen and oxygen atoms in total. The first-order valence-electron chi connectivity index (χ1n) is 4.96. The van der Waals surface area contributed by atoms with Crippen LogP contribution in [0.25, 0.3) is 5.69 Å². The van der Waals surface area contributed by atoms with Gasteiger partial charge in [-0.2, -0.15) is 23.5 Å². The monoisotopic (exact) mass is 431 g/mol. The Morgan fingerprint density at radius 2 is 1.80 bits per heavy atom. The van der Waals surface area contributed by atoms with Crippen LogP contribution in [0.5, 0.6) is 0 Å². The van der Waals surface area contributed by atoms with E-state index >= 15 is 0 Å². The van der Waals surface area contributed by atoms with Crippen molar-refractivity contribution in [1.82, 2.24) is 9.78 Å². The highest BCUT2D eigenvalue weighted by atomic mass is 127. The molecular weight excluding hydrogens is 429 g/mol. The van der Waals surface area contributed by atoms with Crippen LogP contribution in [-0.4, -0.2) is 9.78 Å². The van der Waals surface area contributed by atoms with Crippen molar-refractivity contribution in [3.8, 4) is 11.8 Å². The largest absolute Gasteiger partial charge is 0.416 e. The average molecular weight is 432 g/mol. The van der Waals surface area contributed by atoms with Gasteiger partial charge in [0, 0.05) is 6.20 Å². The number of hydrogen-bond donors (Lipinski definition) is 0. The lowest BCUT2D eigenvalue weighted by atomic mass is 10.2. The van der Waals surface area contributed by atoms with Crippen LogP contribution in [0, 0.1) is 14.9 Å². The second kappa shape index (κ2) is 5.42. The fourth-order valence-electron chi connectivity index (χ4n) is 1.49. The predicted octanol–water partition coefficient (Wildman–Crippen LogP) is 4.67. The summed E-state index contributed by atoms with van der Waals surface area (Å²) in [5, 5.41) is 12.3. The van der Waals surface area contributed by atoms with Gasteiger partial charge in [-0.15, -0.1) is 0 Å². The van der Waals surface area contributed by atoms with E-state index in [2.05, 4.69) is 5.10 Å². The maximum atomic E-state index is 12.6. The summed E-state index contributed by atoms with van der Waals surface area (Å²) in [5.41, 5.74) is -0.711. The molecule has 0 radical (unpaired) electrons. The number of hydrogen-bond acceptors (Lipinski definition) is 2. The van der Waals surface area contributed by atoms with E-state index in [1.165, 1.54) is 10.9 Å². The molecule has 2 rings (SSSR count). The third-order valence-corrected chi connectivity index (χ3v) is 3.71. The van der Waals surface area contributed by atoms with E-state index in [1.807, 2.05) is 28.7 Å². The number of alkyl halides is 3. The molecule has 0 atom stereocenters. The van der Waals surface area contributed by atoms with Gasteiger partial charge < -0.3 is 0 Å². The van der Waals surface area contributed by atoms with Gasteiger partial charge in [0.25, 0.3) is 0 Å². The molecule has 2 aromatic rings. The first kappa shape index (κ1) is 15.4. The number of nitriles is 1. The summed E-state index contributed by atoms with van der Waals surface area (Å²) < 4.78 is 39.6. The van der Waals surface area contributed by atoms with E-state index in [9.17, 15) is 13.2 Å². The van der Waals surface area contributed by atoms with Gasteiger partial charge in [0.15, 0.2) is 5.69 Å². The Labute approximate surface area is 135 Å². The first-order valence-corrected chi connectivity index (χ1v) is 6.79. The standard InChI is InChI=1S/C11H3Cl2F3IN3/c12-6-1-5(11(14,15)16)2-7(13)10(6)20-4-8(17)9(3-18)19-20/h1-2,4H. The Balaban J connectivity index is 2.61. The molecule has 1 heterocycles. The Morgan fingerprint density at radius 1 is 1.25 bits per heavy atom. The van der Waals surface area contributed by atoms with Gasteiger partial charge in [0.05, 0.1) is 19.2 Å². The van der Waals surface area contributed by atoms with Crippen LogP contribution in [0.4, 0.5) is 13.2 Å². The highest BCUT2D eigenvalue weighted by molar-refractivity contribution is 14.1. The lowest BCUT2D eigenvalue weighted by molar-refractivity contribution is -0.137. The minimum absolute atomic E-state index is 0.0979. The van der Waals surface area contributed by atoms with Crippen LogP contribution in [-0.2, 0) is 6.18 Å². The fraction of sp³-hybridized carbons (Fsp3) is 0.0909. The van der Waals surface area contributed by atoms with Crippen molar-refractivity contribution >= 4 is 45.8 Å². The molecule has 0 aliphatic heterocycles. The minimum Gasteiger partial charge on any atom is -0.236 e. The van der Waals surface area contributed by atoms with Crippen LogP contribution in [0.2, 0.25) is 10.0 Å². The Morgan fingerprint density at radius 3 is 2.20 bits per heavy atom. The zero-order valence-corrected chi connectivity index (χ0v) is 13.0. The molecule has 0 saturated heterocycles. The van der Waals surface area contributed by atoms with Gasteiger partial charge in [-0.1, -0.05) is 23.2 Å². The lowest BCUT2D eigenvalue weighted by Gasteiger charge is -2.12. The molecule has 0 aliphatic rings. The summed E-state index contributed by atoms with van der Waals surface area (Å²) in [6, 6.07) is 3.39. The molecule has 104 valence electrons. The number of halogens is 6. The molecule has 1 aromatic carbocycles. The Hall–Kier alpha value is -0.980. The molecule has 0 aliphatic carbocycles. The van der Waals surface area contributed by atoms with Crippen molar-refractivity contribution in [1.29, 1.82) is 5.26 Å². The molecular formula is C11H3Cl2F3IN3. The van der Waals surface area contributed by atoms with E-state index in [-0.39, 0.29) is 21.4 Å². The van der Waals surface area contributed by atoms with Gasteiger partial charge in [-0.25, -0.2) is 4.68 Å². The molecule has 0 unspecified atom stereocenters. The lowest BCUT2D eigenvalue weighted by Crippen LogP contribution is -2.07. The van der Waals surface area contributed by atoms with Crippen LogP contribution in [0.3, 0.4) is 0 Å². The smallest absolute Gasteiger partial charge is 0.236 e. The van der Waals surface area contributed by atoms with Gasteiger partial charge in [0.1, 0.15) is 11.8 Å². The first-order chi connectivity index (χ1) is 9.24. The quantitative estimate of drug-likeness (QED) is 0.615. The number of nitrogens with zero attached hydrogens (tertiary/aromatic N) is 3. The van der Waals surface area contributed by atoms with Crippen molar-refractivity contribution < 1.29 is 13.2 Å². The third-order valence-electron chi connectivity index (χ3n) is 2.35. The zero-order valence-electron chi connectivity index (χ0n) is 9.34. The number of aromatic nitrogens is 2. The second-order valence-corrected chi connectivity index (χ2v) is 5.64.